The highest BCUT2D eigenvalue weighted by Gasteiger charge is 2.66. The van der Waals surface area contributed by atoms with E-state index < -0.39 is 0 Å². The van der Waals surface area contributed by atoms with Crippen molar-refractivity contribution in [2.24, 2.45) is 23.7 Å². The van der Waals surface area contributed by atoms with Crippen LogP contribution in [0.1, 0.15) is 30.9 Å². The largest absolute Gasteiger partial charge is 0.382 e. The number of fused-ring (bicyclic) bond motifs is 5. The lowest BCUT2D eigenvalue weighted by atomic mass is 9.96. The zero-order valence-electron chi connectivity index (χ0n) is 11.7. The second kappa shape index (κ2) is 4.04. The van der Waals surface area contributed by atoms with Crippen molar-refractivity contribution in [1.82, 2.24) is 10.2 Å². The first-order valence-electron chi connectivity index (χ1n) is 7.83. The number of H-pyrrole nitrogens is 1. The Morgan fingerprint density at radius 1 is 1.19 bits per heavy atom. The van der Waals surface area contributed by atoms with Crippen LogP contribution in [0, 0.1) is 23.7 Å². The van der Waals surface area contributed by atoms with E-state index in [0.29, 0.717) is 11.7 Å². The Bertz CT molecular complexity index is 707. The number of benzene rings is 1. The van der Waals surface area contributed by atoms with Crippen molar-refractivity contribution >= 4 is 17.4 Å². The zero-order valence-corrected chi connectivity index (χ0v) is 12.5. The van der Waals surface area contributed by atoms with Crippen LogP contribution in [0.4, 0.5) is 5.82 Å². The smallest absolute Gasteiger partial charge is 0.153 e. The van der Waals surface area contributed by atoms with E-state index in [1.54, 1.807) is 0 Å². The van der Waals surface area contributed by atoms with Crippen molar-refractivity contribution < 1.29 is 0 Å². The summed E-state index contributed by atoms with van der Waals surface area (Å²) in [7, 11) is 0. The van der Waals surface area contributed by atoms with Crippen LogP contribution in [0.15, 0.2) is 24.3 Å². The normalized spacial score (nSPS) is 36.0. The maximum Gasteiger partial charge on any atom is 0.153 e. The third-order valence-electron chi connectivity index (χ3n) is 6.00. The molecule has 21 heavy (non-hydrogen) atoms. The number of rotatable bonds is 2. The SMILES string of the molecule is Nc1n[nH]c(C2C3C4CCC(C4)C23)c1-c1cccc(Cl)c1. The molecule has 1 aromatic heterocycles. The molecule has 5 rings (SSSR count). The second-order valence-corrected chi connectivity index (χ2v) is 7.36. The Kier molecular flexibility index (Phi) is 2.33. The standard InChI is InChI=1S/C17H18ClN3/c18-11-3-1-2-8(7-11)14-16(20-21-17(14)19)15-12-9-4-5-10(6-9)13(12)15/h1-3,7,9-10,12-13,15H,4-6H2,(H3,19,20,21). The number of nitrogens with two attached hydrogens (primary N) is 1. The van der Waals surface area contributed by atoms with Gasteiger partial charge in [-0.05, 0) is 60.6 Å². The van der Waals surface area contributed by atoms with Crippen LogP contribution >= 0.6 is 11.6 Å². The fraction of sp³-hybridized carbons (Fsp3) is 0.471. The number of aromatic amines is 1. The molecular weight excluding hydrogens is 282 g/mol. The van der Waals surface area contributed by atoms with Crippen LogP contribution in [0.25, 0.3) is 11.1 Å². The molecular formula is C17H18ClN3. The zero-order chi connectivity index (χ0) is 14.1. The Morgan fingerprint density at radius 3 is 2.67 bits per heavy atom. The lowest BCUT2D eigenvalue weighted by Gasteiger charge is -2.10. The molecule has 3 saturated carbocycles. The summed E-state index contributed by atoms with van der Waals surface area (Å²) in [5, 5.41) is 8.27. The highest BCUT2D eigenvalue weighted by Crippen LogP contribution is 2.73. The maximum atomic E-state index is 6.14. The van der Waals surface area contributed by atoms with E-state index in [-0.39, 0.29) is 0 Å². The Hall–Kier alpha value is -1.48. The summed E-state index contributed by atoms with van der Waals surface area (Å²) in [5.74, 6) is 4.89. The molecule has 2 bridgehead atoms. The molecule has 108 valence electrons. The maximum absolute atomic E-state index is 6.14. The molecule has 0 saturated heterocycles. The van der Waals surface area contributed by atoms with E-state index in [9.17, 15) is 0 Å². The third-order valence-corrected chi connectivity index (χ3v) is 6.24. The summed E-state index contributed by atoms with van der Waals surface area (Å²) in [5.41, 5.74) is 9.55. The summed E-state index contributed by atoms with van der Waals surface area (Å²) >= 11 is 6.14. The van der Waals surface area contributed by atoms with Gasteiger partial charge in [-0.25, -0.2) is 0 Å². The van der Waals surface area contributed by atoms with Gasteiger partial charge in [-0.1, -0.05) is 23.7 Å². The molecule has 3 fully saturated rings. The molecule has 4 atom stereocenters. The van der Waals surface area contributed by atoms with Gasteiger partial charge in [0.15, 0.2) is 5.82 Å². The number of aromatic nitrogens is 2. The number of hydrogen-bond donors (Lipinski definition) is 2. The Balaban J connectivity index is 1.58. The fourth-order valence-corrected chi connectivity index (χ4v) is 5.46. The Labute approximate surface area is 128 Å². The second-order valence-electron chi connectivity index (χ2n) is 6.92. The molecule has 4 unspecified atom stereocenters. The van der Waals surface area contributed by atoms with Crippen LogP contribution in [0.5, 0.6) is 0 Å². The number of nitrogens with one attached hydrogen (secondary N) is 1. The van der Waals surface area contributed by atoms with Crippen molar-refractivity contribution in [3.63, 3.8) is 0 Å². The quantitative estimate of drug-likeness (QED) is 0.878. The van der Waals surface area contributed by atoms with Gasteiger partial charge < -0.3 is 5.73 Å². The highest BCUT2D eigenvalue weighted by molar-refractivity contribution is 6.30. The van der Waals surface area contributed by atoms with Crippen LogP contribution in [0.3, 0.4) is 0 Å². The van der Waals surface area contributed by atoms with Gasteiger partial charge in [0.05, 0.1) is 0 Å². The minimum Gasteiger partial charge on any atom is -0.382 e. The molecule has 3 nitrogen and oxygen atoms in total. The number of halogens is 1. The van der Waals surface area contributed by atoms with Crippen molar-refractivity contribution in [1.29, 1.82) is 0 Å². The van der Waals surface area contributed by atoms with Crippen LogP contribution in [-0.2, 0) is 0 Å². The monoisotopic (exact) mass is 299 g/mol. The molecule has 0 aliphatic heterocycles. The molecule has 3 N–H and O–H groups in total. The summed E-state index contributed by atoms with van der Waals surface area (Å²) in [4.78, 5) is 0. The van der Waals surface area contributed by atoms with E-state index in [0.717, 1.165) is 39.8 Å². The van der Waals surface area contributed by atoms with Crippen LogP contribution in [-0.4, -0.2) is 10.2 Å². The Morgan fingerprint density at radius 2 is 1.95 bits per heavy atom. The first kappa shape index (κ1) is 12.1. The van der Waals surface area contributed by atoms with Crippen molar-refractivity contribution in [2.75, 3.05) is 5.73 Å². The van der Waals surface area contributed by atoms with Crippen molar-refractivity contribution in [3.05, 3.63) is 35.0 Å². The first-order valence-corrected chi connectivity index (χ1v) is 8.21. The number of nitrogen functional groups attached to an aromatic ring is 1. The average Bonchev–Trinajstić information content (AvgIpc) is 2.80. The molecule has 0 amide bonds. The molecule has 3 aliphatic carbocycles. The van der Waals surface area contributed by atoms with E-state index in [4.69, 9.17) is 17.3 Å². The van der Waals surface area contributed by atoms with Crippen LogP contribution in [0.2, 0.25) is 5.02 Å². The minimum absolute atomic E-state index is 0.601. The van der Waals surface area contributed by atoms with Gasteiger partial charge >= 0.3 is 0 Å². The van der Waals surface area contributed by atoms with Gasteiger partial charge in [0, 0.05) is 22.2 Å². The summed E-state index contributed by atoms with van der Waals surface area (Å²) < 4.78 is 0. The third kappa shape index (κ3) is 1.58. The molecule has 0 spiro atoms. The van der Waals surface area contributed by atoms with Gasteiger partial charge in [-0.2, -0.15) is 5.10 Å². The van der Waals surface area contributed by atoms with E-state index in [1.165, 1.54) is 25.0 Å². The first-order chi connectivity index (χ1) is 10.2. The summed E-state index contributed by atoms with van der Waals surface area (Å²) in [6, 6.07) is 7.93. The summed E-state index contributed by atoms with van der Waals surface area (Å²) in [6.07, 6.45) is 4.32. The van der Waals surface area contributed by atoms with Gasteiger partial charge in [0.25, 0.3) is 0 Å². The lowest BCUT2D eigenvalue weighted by molar-refractivity contribution is 0.456. The number of anilines is 1. The molecule has 2 aromatic rings. The van der Waals surface area contributed by atoms with Gasteiger partial charge in [-0.15, -0.1) is 0 Å². The number of nitrogens with zero attached hydrogens (tertiary/aromatic N) is 1. The van der Waals surface area contributed by atoms with Gasteiger partial charge in [0.2, 0.25) is 0 Å². The van der Waals surface area contributed by atoms with E-state index in [2.05, 4.69) is 16.3 Å². The van der Waals surface area contributed by atoms with Crippen molar-refractivity contribution in [3.8, 4) is 11.1 Å². The molecule has 0 radical (unpaired) electrons. The predicted octanol–water partition coefficient (Wildman–Crippen LogP) is 4.07. The molecule has 1 aromatic carbocycles. The van der Waals surface area contributed by atoms with Crippen molar-refractivity contribution in [2.45, 2.75) is 25.2 Å². The number of hydrogen-bond acceptors (Lipinski definition) is 2. The average molecular weight is 300 g/mol. The molecule has 1 heterocycles. The molecule has 3 aliphatic rings. The van der Waals surface area contributed by atoms with E-state index >= 15 is 0 Å². The van der Waals surface area contributed by atoms with Crippen LogP contribution < -0.4 is 5.73 Å². The summed E-state index contributed by atoms with van der Waals surface area (Å²) in [6.45, 7) is 0. The molecule has 4 heteroatoms. The lowest BCUT2D eigenvalue weighted by Crippen LogP contribution is -1.99. The predicted molar refractivity (Wildman–Crippen MR) is 84.0 cm³/mol. The van der Waals surface area contributed by atoms with Gasteiger partial charge in [-0.3, -0.25) is 5.10 Å². The minimum atomic E-state index is 0.601. The van der Waals surface area contributed by atoms with Gasteiger partial charge in [0.1, 0.15) is 0 Å². The topological polar surface area (TPSA) is 54.7 Å². The van der Waals surface area contributed by atoms with E-state index in [1.807, 2.05) is 18.2 Å². The highest BCUT2D eigenvalue weighted by atomic mass is 35.5. The fourth-order valence-electron chi connectivity index (χ4n) is 5.27.